The van der Waals surface area contributed by atoms with Crippen molar-refractivity contribution in [1.29, 1.82) is 5.26 Å². The van der Waals surface area contributed by atoms with Gasteiger partial charge in [-0.1, -0.05) is 11.6 Å². The number of nitriles is 1. The summed E-state index contributed by atoms with van der Waals surface area (Å²) in [4.78, 5) is 11.3. The molecular weight excluding hydrogens is 275 g/mol. The van der Waals surface area contributed by atoms with Crippen molar-refractivity contribution in [2.75, 3.05) is 7.11 Å². The van der Waals surface area contributed by atoms with Crippen LogP contribution in [0.3, 0.4) is 0 Å². The number of esters is 1. The molecule has 0 heterocycles. The predicted molar refractivity (Wildman–Crippen MR) is 54.2 cm³/mol. The zero-order valence-corrected chi connectivity index (χ0v) is 9.59. The number of methoxy groups -OCH3 is 1. The van der Waals surface area contributed by atoms with Crippen molar-refractivity contribution < 1.29 is 27.4 Å². The first-order valence-corrected chi connectivity index (χ1v) is 4.74. The lowest BCUT2D eigenvalue weighted by atomic mass is 10.1. The molecule has 4 nitrogen and oxygen atoms in total. The number of carbonyl (C=O) groups is 1. The number of hydrogen-bond donors (Lipinski definition) is 0. The maximum absolute atomic E-state index is 12.2. The van der Waals surface area contributed by atoms with E-state index in [0.717, 1.165) is 19.2 Å². The molecule has 0 N–H and O–H groups in total. The van der Waals surface area contributed by atoms with Crippen LogP contribution in [-0.2, 0) is 4.74 Å². The molecule has 0 radical (unpaired) electrons. The van der Waals surface area contributed by atoms with Crippen molar-refractivity contribution in [3.8, 4) is 11.8 Å². The lowest BCUT2D eigenvalue weighted by molar-refractivity contribution is -0.274. The van der Waals surface area contributed by atoms with Crippen LogP contribution in [0.25, 0.3) is 0 Å². The van der Waals surface area contributed by atoms with Crippen LogP contribution in [0.1, 0.15) is 15.9 Å². The highest BCUT2D eigenvalue weighted by Gasteiger charge is 2.35. The van der Waals surface area contributed by atoms with Gasteiger partial charge in [-0.05, 0) is 12.1 Å². The summed E-state index contributed by atoms with van der Waals surface area (Å²) < 4.78 is 44.5. The monoisotopic (exact) mass is 279 g/mol. The Balaban J connectivity index is 3.41. The molecule has 96 valence electrons. The van der Waals surface area contributed by atoms with Crippen LogP contribution in [-0.4, -0.2) is 19.4 Å². The Morgan fingerprint density at radius 3 is 2.50 bits per heavy atom. The zero-order valence-electron chi connectivity index (χ0n) is 8.84. The third-order valence-electron chi connectivity index (χ3n) is 1.84. The number of ether oxygens (including phenoxy) is 2. The lowest BCUT2D eigenvalue weighted by Gasteiger charge is -2.14. The predicted octanol–water partition coefficient (Wildman–Crippen LogP) is 2.90. The number of alkyl halides is 3. The van der Waals surface area contributed by atoms with E-state index in [1.54, 1.807) is 6.07 Å². The SMILES string of the molecule is COC(=O)c1ccc(C#N)c(Cl)c1OC(F)(F)F. The average molecular weight is 280 g/mol. The van der Waals surface area contributed by atoms with E-state index >= 15 is 0 Å². The topological polar surface area (TPSA) is 59.3 Å². The van der Waals surface area contributed by atoms with Gasteiger partial charge in [0.15, 0.2) is 5.75 Å². The molecule has 0 amide bonds. The van der Waals surface area contributed by atoms with E-state index in [4.69, 9.17) is 16.9 Å². The van der Waals surface area contributed by atoms with Gasteiger partial charge in [-0.2, -0.15) is 5.26 Å². The van der Waals surface area contributed by atoms with Gasteiger partial charge >= 0.3 is 12.3 Å². The fourth-order valence-corrected chi connectivity index (χ4v) is 1.37. The van der Waals surface area contributed by atoms with Crippen molar-refractivity contribution in [1.82, 2.24) is 0 Å². The van der Waals surface area contributed by atoms with Gasteiger partial charge in [0.1, 0.15) is 16.7 Å². The van der Waals surface area contributed by atoms with Crippen molar-refractivity contribution >= 4 is 17.6 Å². The quantitative estimate of drug-likeness (QED) is 0.781. The third kappa shape index (κ3) is 3.05. The zero-order chi connectivity index (χ0) is 13.9. The van der Waals surface area contributed by atoms with E-state index in [1.165, 1.54) is 0 Å². The Hall–Kier alpha value is -1.94. The first-order chi connectivity index (χ1) is 8.30. The van der Waals surface area contributed by atoms with Gasteiger partial charge in [-0.25, -0.2) is 4.79 Å². The van der Waals surface area contributed by atoms with Crippen molar-refractivity contribution in [3.63, 3.8) is 0 Å². The van der Waals surface area contributed by atoms with Crippen LogP contribution in [0, 0.1) is 11.3 Å². The van der Waals surface area contributed by atoms with Gasteiger partial charge in [0, 0.05) is 0 Å². The van der Waals surface area contributed by atoms with E-state index in [9.17, 15) is 18.0 Å². The van der Waals surface area contributed by atoms with Gasteiger partial charge in [-0.15, -0.1) is 13.2 Å². The number of carbonyl (C=O) groups excluding carboxylic acids is 1. The first-order valence-electron chi connectivity index (χ1n) is 4.36. The second kappa shape index (κ2) is 5.14. The second-order valence-electron chi connectivity index (χ2n) is 2.95. The van der Waals surface area contributed by atoms with E-state index < -0.39 is 28.7 Å². The molecule has 18 heavy (non-hydrogen) atoms. The maximum Gasteiger partial charge on any atom is 0.573 e. The molecule has 0 saturated carbocycles. The standard InChI is InChI=1S/C10H5ClF3NO3/c1-17-9(16)6-3-2-5(4-15)7(11)8(6)18-10(12,13)14/h2-3H,1H3. The lowest BCUT2D eigenvalue weighted by Crippen LogP contribution is -2.20. The van der Waals surface area contributed by atoms with Crippen molar-refractivity contribution in [2.24, 2.45) is 0 Å². The molecule has 8 heteroatoms. The third-order valence-corrected chi connectivity index (χ3v) is 2.22. The average Bonchev–Trinajstić information content (AvgIpc) is 2.29. The Morgan fingerprint density at radius 2 is 2.06 bits per heavy atom. The molecule has 1 aromatic rings. The smallest absolute Gasteiger partial charge is 0.465 e. The Labute approximate surface area is 104 Å². The summed E-state index contributed by atoms with van der Waals surface area (Å²) in [6.45, 7) is 0. The molecule has 0 aromatic heterocycles. The van der Waals surface area contributed by atoms with Gasteiger partial charge in [-0.3, -0.25) is 0 Å². The molecule has 1 rings (SSSR count). The Bertz CT molecular complexity index is 522. The summed E-state index contributed by atoms with van der Waals surface area (Å²) in [7, 11) is 0.992. The molecule has 0 atom stereocenters. The van der Waals surface area contributed by atoms with Gasteiger partial charge < -0.3 is 9.47 Å². The Kier molecular flexibility index (Phi) is 4.03. The molecule has 0 spiro atoms. The summed E-state index contributed by atoms with van der Waals surface area (Å²) >= 11 is 5.57. The molecule has 0 aliphatic carbocycles. The van der Waals surface area contributed by atoms with E-state index in [-0.39, 0.29) is 5.56 Å². The fraction of sp³-hybridized carbons (Fsp3) is 0.200. The molecule has 0 saturated heterocycles. The second-order valence-corrected chi connectivity index (χ2v) is 3.33. The minimum absolute atomic E-state index is 0.247. The first kappa shape index (κ1) is 14.1. The highest BCUT2D eigenvalue weighted by molar-refractivity contribution is 6.33. The van der Waals surface area contributed by atoms with Crippen molar-refractivity contribution in [2.45, 2.75) is 6.36 Å². The van der Waals surface area contributed by atoms with Crippen LogP contribution in [0.15, 0.2) is 12.1 Å². The van der Waals surface area contributed by atoms with Crippen molar-refractivity contribution in [3.05, 3.63) is 28.3 Å². The summed E-state index contributed by atoms with van der Waals surface area (Å²) in [5, 5.41) is 8.04. The van der Waals surface area contributed by atoms with E-state index in [0.29, 0.717) is 0 Å². The van der Waals surface area contributed by atoms with Crippen LogP contribution < -0.4 is 4.74 Å². The number of rotatable bonds is 2. The van der Waals surface area contributed by atoms with E-state index in [1.807, 2.05) is 0 Å². The van der Waals surface area contributed by atoms with Crippen LogP contribution in [0.5, 0.6) is 5.75 Å². The molecule has 0 bridgehead atoms. The van der Waals surface area contributed by atoms with E-state index in [2.05, 4.69) is 9.47 Å². The van der Waals surface area contributed by atoms with Gasteiger partial charge in [0.25, 0.3) is 0 Å². The molecule has 0 aliphatic rings. The fourth-order valence-electron chi connectivity index (χ4n) is 1.13. The number of nitrogens with zero attached hydrogens (tertiary/aromatic N) is 1. The van der Waals surface area contributed by atoms with Gasteiger partial charge in [0.2, 0.25) is 0 Å². The number of halogens is 4. The minimum atomic E-state index is -5.04. The van der Waals surface area contributed by atoms with Gasteiger partial charge in [0.05, 0.1) is 12.7 Å². The highest BCUT2D eigenvalue weighted by atomic mass is 35.5. The summed E-state index contributed by atoms with van der Waals surface area (Å²) in [6.07, 6.45) is -5.04. The maximum atomic E-state index is 12.2. The highest BCUT2D eigenvalue weighted by Crippen LogP contribution is 2.36. The molecule has 1 aromatic carbocycles. The molecule has 0 aliphatic heterocycles. The Morgan fingerprint density at radius 1 is 1.44 bits per heavy atom. The largest absolute Gasteiger partial charge is 0.573 e. The number of hydrogen-bond acceptors (Lipinski definition) is 4. The number of benzene rings is 1. The molecular formula is C10H5ClF3NO3. The van der Waals surface area contributed by atoms with Crippen LogP contribution >= 0.6 is 11.6 Å². The van der Waals surface area contributed by atoms with Crippen LogP contribution in [0.4, 0.5) is 13.2 Å². The summed E-state index contributed by atoms with van der Waals surface area (Å²) in [5.41, 5.74) is -0.762. The molecule has 0 fully saturated rings. The van der Waals surface area contributed by atoms with Crippen LogP contribution in [0.2, 0.25) is 5.02 Å². The minimum Gasteiger partial charge on any atom is -0.465 e. The molecule has 0 unspecified atom stereocenters. The summed E-state index contributed by atoms with van der Waals surface area (Å²) in [5.74, 6) is -2.00. The summed E-state index contributed by atoms with van der Waals surface area (Å²) in [6, 6.07) is 3.64. The normalized spacial score (nSPS) is 10.7.